The third-order valence-corrected chi connectivity index (χ3v) is 2.97. The molecule has 0 radical (unpaired) electrons. The van der Waals surface area contributed by atoms with Gasteiger partial charge in [-0.3, -0.25) is 14.4 Å². The fourth-order valence-electron chi connectivity index (χ4n) is 1.93. The Kier molecular flexibility index (Phi) is 4.10. The highest BCUT2D eigenvalue weighted by Crippen LogP contribution is 2.26. The molecule has 1 saturated heterocycles. The van der Waals surface area contributed by atoms with E-state index >= 15 is 0 Å². The molecule has 106 valence electrons. The Morgan fingerprint density at radius 3 is 2.16 bits per heavy atom. The van der Waals surface area contributed by atoms with Crippen molar-refractivity contribution < 1.29 is 34.5 Å². The number of likely N-dealkylation sites (tertiary alicyclic amines) is 1. The number of amides is 1. The van der Waals surface area contributed by atoms with E-state index in [2.05, 4.69) is 0 Å². The molecule has 0 bridgehead atoms. The number of aliphatic carboxylic acids is 3. The lowest BCUT2D eigenvalue weighted by molar-refractivity contribution is -0.149. The van der Waals surface area contributed by atoms with Crippen LogP contribution in [0.2, 0.25) is 0 Å². The van der Waals surface area contributed by atoms with Crippen molar-refractivity contribution in [1.29, 1.82) is 0 Å². The predicted octanol–water partition coefficient (Wildman–Crippen LogP) is -1.68. The van der Waals surface area contributed by atoms with Gasteiger partial charge in [-0.05, 0) is 0 Å². The zero-order valence-electron chi connectivity index (χ0n) is 9.90. The molecule has 0 aromatic rings. The average molecular weight is 274 g/mol. The number of carbonyl (C=O) groups is 4. The molecule has 1 rings (SSSR count). The van der Waals surface area contributed by atoms with Gasteiger partial charge in [-0.2, -0.15) is 0 Å². The number of carbonyl (C=O) groups excluding carboxylic acids is 1. The van der Waals surface area contributed by atoms with E-state index in [1.54, 1.807) is 0 Å². The Labute approximate surface area is 107 Å². The first-order valence-corrected chi connectivity index (χ1v) is 5.44. The third-order valence-electron chi connectivity index (χ3n) is 2.97. The van der Waals surface area contributed by atoms with Crippen molar-refractivity contribution in [2.45, 2.75) is 30.8 Å². The molecule has 0 saturated carbocycles. The van der Waals surface area contributed by atoms with Crippen LogP contribution in [0.5, 0.6) is 0 Å². The van der Waals surface area contributed by atoms with Gasteiger partial charge in [0, 0.05) is 12.8 Å². The van der Waals surface area contributed by atoms with Crippen LogP contribution in [0.25, 0.3) is 0 Å². The van der Waals surface area contributed by atoms with Gasteiger partial charge < -0.3 is 26.0 Å². The number of carboxylic acids is 3. The molecule has 1 aliphatic rings. The van der Waals surface area contributed by atoms with Gasteiger partial charge in [-0.25, -0.2) is 4.79 Å². The molecule has 1 amide bonds. The maximum absolute atomic E-state index is 11.7. The van der Waals surface area contributed by atoms with E-state index in [1.807, 2.05) is 0 Å². The van der Waals surface area contributed by atoms with Crippen LogP contribution < -0.4 is 5.73 Å². The maximum Gasteiger partial charge on any atom is 0.326 e. The van der Waals surface area contributed by atoms with Crippen molar-refractivity contribution in [3.05, 3.63) is 0 Å². The molecule has 19 heavy (non-hydrogen) atoms. The molecule has 0 aliphatic carbocycles. The Bertz CT molecular complexity index is 436. The van der Waals surface area contributed by atoms with E-state index in [0.717, 1.165) is 4.90 Å². The molecule has 0 aromatic carbocycles. The summed E-state index contributed by atoms with van der Waals surface area (Å²) in [6, 6.07) is -1.35. The zero-order chi connectivity index (χ0) is 14.8. The summed E-state index contributed by atoms with van der Waals surface area (Å²) < 4.78 is 0. The molecule has 1 aliphatic heterocycles. The SMILES string of the molecule is N[C@]1(C(=O)O)C[C@@H](C(=O)O)N(C(=O)CCC(=O)O)C1. The largest absolute Gasteiger partial charge is 0.481 e. The summed E-state index contributed by atoms with van der Waals surface area (Å²) in [5.41, 5.74) is 3.72. The van der Waals surface area contributed by atoms with Crippen molar-refractivity contribution in [2.24, 2.45) is 5.73 Å². The van der Waals surface area contributed by atoms with Gasteiger partial charge in [-0.15, -0.1) is 0 Å². The third kappa shape index (κ3) is 3.19. The van der Waals surface area contributed by atoms with Crippen LogP contribution in [0.15, 0.2) is 0 Å². The van der Waals surface area contributed by atoms with Crippen molar-refractivity contribution in [2.75, 3.05) is 6.54 Å². The lowest BCUT2D eigenvalue weighted by Crippen LogP contribution is -2.50. The van der Waals surface area contributed by atoms with Crippen LogP contribution in [0.4, 0.5) is 0 Å². The van der Waals surface area contributed by atoms with Crippen molar-refractivity contribution >= 4 is 23.8 Å². The van der Waals surface area contributed by atoms with E-state index in [-0.39, 0.29) is 0 Å². The van der Waals surface area contributed by atoms with Crippen LogP contribution in [0, 0.1) is 0 Å². The topological polar surface area (TPSA) is 158 Å². The molecule has 1 fully saturated rings. The first kappa shape index (κ1) is 14.9. The Balaban J connectivity index is 2.85. The Morgan fingerprint density at radius 2 is 1.74 bits per heavy atom. The normalized spacial score (nSPS) is 26.2. The highest BCUT2D eigenvalue weighted by Gasteiger charge is 2.51. The number of nitrogens with two attached hydrogens (primary N) is 1. The van der Waals surface area contributed by atoms with Gasteiger partial charge in [0.15, 0.2) is 0 Å². The zero-order valence-corrected chi connectivity index (χ0v) is 9.90. The summed E-state index contributed by atoms with van der Waals surface area (Å²) >= 11 is 0. The first-order valence-electron chi connectivity index (χ1n) is 5.44. The fraction of sp³-hybridized carbons (Fsp3) is 0.600. The van der Waals surface area contributed by atoms with Crippen molar-refractivity contribution in [1.82, 2.24) is 4.90 Å². The summed E-state index contributed by atoms with van der Waals surface area (Å²) in [7, 11) is 0. The van der Waals surface area contributed by atoms with Gasteiger partial charge >= 0.3 is 17.9 Å². The number of nitrogens with zero attached hydrogens (tertiary/aromatic N) is 1. The lowest BCUT2D eigenvalue weighted by Gasteiger charge is -2.21. The monoisotopic (exact) mass is 274 g/mol. The minimum atomic E-state index is -1.82. The van der Waals surface area contributed by atoms with E-state index in [1.165, 1.54) is 0 Å². The number of rotatable bonds is 5. The second kappa shape index (κ2) is 5.22. The van der Waals surface area contributed by atoms with Gasteiger partial charge in [0.2, 0.25) is 5.91 Å². The highest BCUT2D eigenvalue weighted by atomic mass is 16.4. The summed E-state index contributed by atoms with van der Waals surface area (Å²) in [5, 5.41) is 26.4. The predicted molar refractivity (Wildman–Crippen MR) is 59.2 cm³/mol. The lowest BCUT2D eigenvalue weighted by atomic mass is 9.98. The van der Waals surface area contributed by atoms with Crippen LogP contribution in [0.3, 0.4) is 0 Å². The number of carboxylic acid groups (broad SMARTS) is 3. The minimum absolute atomic E-state index is 0.394. The maximum atomic E-state index is 11.7. The number of hydrogen-bond acceptors (Lipinski definition) is 5. The highest BCUT2D eigenvalue weighted by molar-refractivity contribution is 5.90. The molecular weight excluding hydrogens is 260 g/mol. The van der Waals surface area contributed by atoms with Crippen LogP contribution >= 0.6 is 0 Å². The summed E-state index contributed by atoms with van der Waals surface area (Å²) in [5.74, 6) is -4.69. The molecular formula is C10H14N2O7. The summed E-state index contributed by atoms with van der Waals surface area (Å²) in [6.07, 6.45) is -1.25. The Morgan fingerprint density at radius 1 is 1.16 bits per heavy atom. The molecule has 9 nitrogen and oxygen atoms in total. The van der Waals surface area contributed by atoms with E-state index < -0.39 is 61.2 Å². The van der Waals surface area contributed by atoms with Crippen molar-refractivity contribution in [3.63, 3.8) is 0 Å². The molecule has 2 atom stereocenters. The van der Waals surface area contributed by atoms with E-state index in [4.69, 9.17) is 21.1 Å². The second-order valence-electron chi connectivity index (χ2n) is 4.43. The molecule has 0 spiro atoms. The minimum Gasteiger partial charge on any atom is -0.481 e. The van der Waals surface area contributed by atoms with Gasteiger partial charge in [-0.1, -0.05) is 0 Å². The molecule has 0 aromatic heterocycles. The molecule has 5 N–H and O–H groups in total. The molecule has 0 unspecified atom stereocenters. The van der Waals surface area contributed by atoms with Crippen molar-refractivity contribution in [3.8, 4) is 0 Å². The fourth-order valence-corrected chi connectivity index (χ4v) is 1.93. The van der Waals surface area contributed by atoms with Gasteiger partial charge in [0.05, 0.1) is 13.0 Å². The van der Waals surface area contributed by atoms with E-state index in [9.17, 15) is 19.2 Å². The average Bonchev–Trinajstić information content (AvgIpc) is 2.66. The first-order chi connectivity index (χ1) is 8.67. The Hall–Kier alpha value is -2.16. The van der Waals surface area contributed by atoms with Crippen LogP contribution in [-0.2, 0) is 19.2 Å². The van der Waals surface area contributed by atoms with Gasteiger partial charge in [0.25, 0.3) is 0 Å². The smallest absolute Gasteiger partial charge is 0.326 e. The van der Waals surface area contributed by atoms with Gasteiger partial charge in [0.1, 0.15) is 11.6 Å². The standard InChI is InChI=1S/C10H14N2O7/c11-10(9(18)19)3-5(8(16)17)12(4-10)6(13)1-2-7(14)15/h5H,1-4,11H2,(H,14,15)(H,16,17)(H,18,19)/t5-,10+/m0/s1. The summed E-state index contributed by atoms with van der Waals surface area (Å²) in [6.45, 7) is -0.447. The van der Waals surface area contributed by atoms with Crippen LogP contribution in [-0.4, -0.2) is 62.2 Å². The summed E-state index contributed by atoms with van der Waals surface area (Å²) in [4.78, 5) is 44.9. The second-order valence-corrected chi connectivity index (χ2v) is 4.43. The number of hydrogen-bond donors (Lipinski definition) is 4. The molecule has 9 heteroatoms. The molecule has 1 heterocycles. The van der Waals surface area contributed by atoms with Crippen LogP contribution in [0.1, 0.15) is 19.3 Å². The van der Waals surface area contributed by atoms with E-state index in [0.29, 0.717) is 0 Å². The quantitative estimate of drug-likeness (QED) is 0.462.